The predicted octanol–water partition coefficient (Wildman–Crippen LogP) is 2.06. The third-order valence-corrected chi connectivity index (χ3v) is 2.59. The van der Waals surface area contributed by atoms with Crippen molar-refractivity contribution in [3.05, 3.63) is 54.1 Å². The molecule has 0 aliphatic carbocycles. The zero-order chi connectivity index (χ0) is 12.3. The lowest BCUT2D eigenvalue weighted by Crippen LogP contribution is -2.27. The van der Waals surface area contributed by atoms with Crippen molar-refractivity contribution in [2.75, 3.05) is 11.9 Å². The summed E-state index contributed by atoms with van der Waals surface area (Å²) in [6, 6.07) is 9.48. The van der Waals surface area contributed by atoms with Gasteiger partial charge in [-0.2, -0.15) is 0 Å². The molecule has 4 nitrogen and oxygen atoms in total. The first-order valence-corrected chi connectivity index (χ1v) is 5.30. The minimum Gasteiger partial charge on any atom is -0.311 e. The van der Waals surface area contributed by atoms with E-state index in [9.17, 15) is 4.79 Å². The maximum absolute atomic E-state index is 12.2. The molecule has 2 rings (SSSR count). The molecule has 1 amide bonds. The van der Waals surface area contributed by atoms with Gasteiger partial charge < -0.3 is 4.90 Å². The van der Waals surface area contributed by atoms with Crippen LogP contribution >= 0.6 is 0 Å². The molecule has 1 aromatic carbocycles. The molecule has 1 aromatic heterocycles. The summed E-state index contributed by atoms with van der Waals surface area (Å²) in [5, 5.41) is 0. The molecule has 1 heterocycles. The van der Waals surface area contributed by atoms with Crippen molar-refractivity contribution in [3.8, 4) is 0 Å². The fourth-order valence-electron chi connectivity index (χ4n) is 1.55. The predicted molar refractivity (Wildman–Crippen MR) is 65.9 cm³/mol. The Morgan fingerprint density at radius 1 is 1.24 bits per heavy atom. The smallest absolute Gasteiger partial charge is 0.261 e. The van der Waals surface area contributed by atoms with Crippen molar-refractivity contribution >= 4 is 11.6 Å². The maximum atomic E-state index is 12.2. The van der Waals surface area contributed by atoms with Crippen LogP contribution in [-0.2, 0) is 0 Å². The number of aryl methyl sites for hydroxylation is 1. The van der Waals surface area contributed by atoms with Gasteiger partial charge in [-0.25, -0.2) is 9.97 Å². The quantitative estimate of drug-likeness (QED) is 0.789. The van der Waals surface area contributed by atoms with Crippen LogP contribution in [0.4, 0.5) is 5.69 Å². The molecule has 86 valence electrons. The minimum atomic E-state index is -0.102. The molecule has 0 saturated carbocycles. The maximum Gasteiger partial charge on any atom is 0.261 e. The van der Waals surface area contributed by atoms with Gasteiger partial charge in [0.2, 0.25) is 0 Å². The normalized spacial score (nSPS) is 10.0. The Bertz CT molecular complexity index is 525. The second-order valence-corrected chi connectivity index (χ2v) is 3.72. The van der Waals surface area contributed by atoms with Gasteiger partial charge in [-0.05, 0) is 19.1 Å². The minimum absolute atomic E-state index is 0.102. The number of nitrogens with zero attached hydrogens (tertiary/aromatic N) is 3. The summed E-state index contributed by atoms with van der Waals surface area (Å²) in [5.41, 5.74) is 2.06. The highest BCUT2D eigenvalue weighted by atomic mass is 16.2. The molecule has 0 saturated heterocycles. The Morgan fingerprint density at radius 2 is 1.94 bits per heavy atom. The van der Waals surface area contributed by atoms with Crippen LogP contribution in [-0.4, -0.2) is 22.9 Å². The fraction of sp³-hybridized carbons (Fsp3) is 0.154. The molecular formula is C13H13N3O. The molecule has 4 heteroatoms. The summed E-state index contributed by atoms with van der Waals surface area (Å²) < 4.78 is 0. The van der Waals surface area contributed by atoms with Crippen LogP contribution in [0.1, 0.15) is 16.1 Å². The molecular weight excluding hydrogens is 214 g/mol. The monoisotopic (exact) mass is 227 g/mol. The van der Waals surface area contributed by atoms with E-state index in [1.807, 2.05) is 30.3 Å². The molecule has 0 radical (unpaired) electrons. The Labute approximate surface area is 99.9 Å². The molecule has 0 spiro atoms. The number of benzene rings is 1. The second kappa shape index (κ2) is 4.74. The van der Waals surface area contributed by atoms with Crippen LogP contribution in [0.15, 0.2) is 42.9 Å². The van der Waals surface area contributed by atoms with Crippen molar-refractivity contribution in [2.45, 2.75) is 6.92 Å². The second-order valence-electron chi connectivity index (χ2n) is 3.72. The molecule has 17 heavy (non-hydrogen) atoms. The molecule has 0 N–H and O–H groups in total. The Hall–Kier alpha value is -2.23. The highest BCUT2D eigenvalue weighted by molar-refractivity contribution is 6.06. The first-order valence-electron chi connectivity index (χ1n) is 5.30. The zero-order valence-corrected chi connectivity index (χ0v) is 9.79. The Morgan fingerprint density at radius 3 is 2.59 bits per heavy atom. The van der Waals surface area contributed by atoms with E-state index < -0.39 is 0 Å². The van der Waals surface area contributed by atoms with E-state index in [0.717, 1.165) is 5.69 Å². The van der Waals surface area contributed by atoms with Gasteiger partial charge in [0.05, 0.1) is 11.3 Å². The number of carbonyl (C=O) groups is 1. The fourth-order valence-corrected chi connectivity index (χ4v) is 1.55. The topological polar surface area (TPSA) is 46.1 Å². The van der Waals surface area contributed by atoms with E-state index in [0.29, 0.717) is 11.3 Å². The largest absolute Gasteiger partial charge is 0.311 e. The van der Waals surface area contributed by atoms with Crippen molar-refractivity contribution in [3.63, 3.8) is 0 Å². The van der Waals surface area contributed by atoms with Crippen LogP contribution in [0.2, 0.25) is 0 Å². The first-order chi connectivity index (χ1) is 8.20. The summed E-state index contributed by atoms with van der Waals surface area (Å²) >= 11 is 0. The lowest BCUT2D eigenvalue weighted by molar-refractivity contribution is 0.0991. The average Bonchev–Trinajstić information content (AvgIpc) is 2.39. The molecule has 0 aliphatic heterocycles. The standard InChI is InChI=1S/C13H13N3O/c1-10-12(8-14-9-15-10)13(17)16(2)11-6-4-3-5-7-11/h3-9H,1-2H3. The van der Waals surface area contributed by atoms with Gasteiger partial charge in [-0.3, -0.25) is 4.79 Å². The number of hydrogen-bond acceptors (Lipinski definition) is 3. The Balaban J connectivity index is 2.30. The van der Waals surface area contributed by atoms with Crippen molar-refractivity contribution in [2.24, 2.45) is 0 Å². The van der Waals surface area contributed by atoms with E-state index in [1.165, 1.54) is 6.33 Å². The van der Waals surface area contributed by atoms with Crippen molar-refractivity contribution in [1.82, 2.24) is 9.97 Å². The van der Waals surface area contributed by atoms with E-state index >= 15 is 0 Å². The van der Waals surface area contributed by atoms with E-state index in [4.69, 9.17) is 0 Å². The highest BCUT2D eigenvalue weighted by Crippen LogP contribution is 2.15. The van der Waals surface area contributed by atoms with Crippen LogP contribution in [0.5, 0.6) is 0 Å². The van der Waals surface area contributed by atoms with Gasteiger partial charge >= 0.3 is 0 Å². The molecule has 0 atom stereocenters. The lowest BCUT2D eigenvalue weighted by Gasteiger charge is -2.17. The van der Waals surface area contributed by atoms with Gasteiger partial charge in [0, 0.05) is 18.9 Å². The average molecular weight is 227 g/mol. The van der Waals surface area contributed by atoms with Gasteiger partial charge in [0.15, 0.2) is 0 Å². The molecule has 2 aromatic rings. The van der Waals surface area contributed by atoms with Crippen LogP contribution in [0, 0.1) is 6.92 Å². The van der Waals surface area contributed by atoms with E-state index in [2.05, 4.69) is 9.97 Å². The summed E-state index contributed by atoms with van der Waals surface area (Å²) in [4.78, 5) is 21.7. The van der Waals surface area contributed by atoms with Gasteiger partial charge in [-0.1, -0.05) is 18.2 Å². The number of anilines is 1. The number of aromatic nitrogens is 2. The third kappa shape index (κ3) is 2.30. The lowest BCUT2D eigenvalue weighted by atomic mass is 10.2. The summed E-state index contributed by atoms with van der Waals surface area (Å²) in [5.74, 6) is -0.102. The number of para-hydroxylation sites is 1. The van der Waals surface area contributed by atoms with Crippen LogP contribution in [0.3, 0.4) is 0 Å². The first kappa shape index (κ1) is 11.3. The van der Waals surface area contributed by atoms with E-state index in [-0.39, 0.29) is 5.91 Å². The van der Waals surface area contributed by atoms with Crippen molar-refractivity contribution < 1.29 is 4.79 Å². The van der Waals surface area contributed by atoms with Gasteiger partial charge in [0.25, 0.3) is 5.91 Å². The summed E-state index contributed by atoms with van der Waals surface area (Å²) in [6.45, 7) is 1.80. The number of rotatable bonds is 2. The third-order valence-electron chi connectivity index (χ3n) is 2.59. The number of carbonyl (C=O) groups excluding carboxylic acids is 1. The summed E-state index contributed by atoms with van der Waals surface area (Å²) in [7, 11) is 1.74. The van der Waals surface area contributed by atoms with Gasteiger partial charge in [-0.15, -0.1) is 0 Å². The number of hydrogen-bond donors (Lipinski definition) is 0. The molecule has 0 bridgehead atoms. The summed E-state index contributed by atoms with van der Waals surface area (Å²) in [6.07, 6.45) is 2.98. The molecule has 0 aliphatic rings. The molecule has 0 fully saturated rings. The highest BCUT2D eigenvalue weighted by Gasteiger charge is 2.15. The SMILES string of the molecule is Cc1ncncc1C(=O)N(C)c1ccccc1. The zero-order valence-electron chi connectivity index (χ0n) is 9.79. The Kier molecular flexibility index (Phi) is 3.14. The van der Waals surface area contributed by atoms with E-state index in [1.54, 1.807) is 25.1 Å². The van der Waals surface area contributed by atoms with Crippen LogP contribution in [0.25, 0.3) is 0 Å². The van der Waals surface area contributed by atoms with Crippen molar-refractivity contribution in [1.29, 1.82) is 0 Å². The van der Waals surface area contributed by atoms with Crippen LogP contribution < -0.4 is 4.90 Å². The number of amides is 1. The molecule has 0 unspecified atom stereocenters. The van der Waals surface area contributed by atoms with Gasteiger partial charge in [0.1, 0.15) is 6.33 Å².